The van der Waals surface area contributed by atoms with E-state index in [1.54, 1.807) is 0 Å². The Hall–Kier alpha value is -5.77. The molecule has 0 aromatic heterocycles. The van der Waals surface area contributed by atoms with Crippen LogP contribution < -0.4 is 47.7 Å². The van der Waals surface area contributed by atoms with Crippen LogP contribution in [0.4, 0.5) is 0 Å². The van der Waals surface area contributed by atoms with E-state index in [1.807, 2.05) is 0 Å². The summed E-state index contributed by atoms with van der Waals surface area (Å²) in [6.45, 7) is 0. The van der Waals surface area contributed by atoms with Crippen molar-refractivity contribution in [3.8, 4) is 0 Å². The van der Waals surface area contributed by atoms with Gasteiger partial charge in [0.25, 0.3) is 0 Å². The van der Waals surface area contributed by atoms with Crippen LogP contribution in [0.15, 0.2) is 273 Å². The molecule has 0 aliphatic carbocycles. The van der Waals surface area contributed by atoms with E-state index in [0.29, 0.717) is 0 Å². The molecule has 0 saturated heterocycles. The molecule has 0 atom stereocenters. The molecule has 310 valence electrons. The maximum atomic E-state index is 17.4. The van der Waals surface area contributed by atoms with Crippen LogP contribution >= 0.6 is 16.8 Å². The molecule has 0 unspecified atom stereocenters. The van der Waals surface area contributed by atoms with Crippen LogP contribution in [0.2, 0.25) is 0 Å². The molecule has 9 aromatic carbocycles. The van der Waals surface area contributed by atoms with Crippen molar-refractivity contribution >= 4 is 74.3 Å². The molecule has 6 heteroatoms. The number of carbonyl (C=O) groups excluding carboxylic acids is 2. The third kappa shape index (κ3) is 5.70. The van der Waals surface area contributed by atoms with E-state index in [-0.39, 0.29) is 0 Å². The minimum atomic E-state index is -6.22. The Balaban J connectivity index is 1.81. The fraction of sp³-hybridized carbons (Fsp3) is 0. The van der Waals surface area contributed by atoms with Crippen molar-refractivity contribution in [1.82, 2.24) is 0 Å². The van der Waals surface area contributed by atoms with Gasteiger partial charge in [0.2, 0.25) is 0 Å². The predicted molar refractivity (Wildman–Crippen MR) is 273 cm³/mol. The molecular weight excluding hydrogens is 900 g/mol. The van der Waals surface area contributed by atoms with Crippen LogP contribution in [0.1, 0.15) is 0 Å². The first-order valence-electron chi connectivity index (χ1n) is 20.8. The van der Waals surface area contributed by atoms with Gasteiger partial charge in [0.15, 0.2) is 0 Å². The van der Waals surface area contributed by atoms with E-state index in [2.05, 4.69) is 273 Å². The summed E-state index contributed by atoms with van der Waals surface area (Å²) in [5.74, 6) is 0. The van der Waals surface area contributed by atoms with E-state index in [0.717, 1.165) is 47.7 Å². The van der Waals surface area contributed by atoms with Gasteiger partial charge >= 0.3 is 369 Å². The fourth-order valence-electron chi connectivity index (χ4n) is 10.2. The van der Waals surface area contributed by atoms with Crippen molar-refractivity contribution in [2.24, 2.45) is 0 Å². The van der Waals surface area contributed by atoms with Gasteiger partial charge in [-0.3, -0.25) is 0 Å². The zero-order valence-electron chi connectivity index (χ0n) is 34.3. The van der Waals surface area contributed by atoms with Gasteiger partial charge in [-0.2, -0.15) is 0 Å². The van der Waals surface area contributed by atoms with Gasteiger partial charge in [0, 0.05) is 0 Å². The van der Waals surface area contributed by atoms with Gasteiger partial charge in [-0.25, -0.2) is 0 Å². The second-order valence-corrected chi connectivity index (χ2v) is 59.3. The Morgan fingerprint density at radius 1 is 0.210 bits per heavy atom. The van der Waals surface area contributed by atoms with Crippen LogP contribution in [-0.4, -0.2) is 9.76 Å². The normalized spacial score (nSPS) is 13.5. The summed E-state index contributed by atoms with van der Waals surface area (Å²) in [6, 6.07) is 97.1. The molecule has 0 amide bonds. The molecule has 2 nitrogen and oxygen atoms in total. The first-order chi connectivity index (χ1) is 30.7. The Morgan fingerprint density at radius 3 is 0.419 bits per heavy atom. The monoisotopic (exact) mass is 950 g/mol. The van der Waals surface area contributed by atoms with Gasteiger partial charge < -0.3 is 0 Å². The van der Waals surface area contributed by atoms with Gasteiger partial charge in [0.1, 0.15) is 0 Å². The van der Waals surface area contributed by atoms with Gasteiger partial charge in [-0.15, -0.1) is 0 Å². The molecule has 0 radical (unpaired) electrons. The van der Waals surface area contributed by atoms with E-state index in [4.69, 9.17) is 0 Å². The van der Waals surface area contributed by atoms with Crippen molar-refractivity contribution in [2.45, 2.75) is 0 Å². The molecule has 9 rings (SSSR count). The van der Waals surface area contributed by atoms with Crippen LogP contribution in [0.5, 0.6) is 0 Å². The third-order valence-corrected chi connectivity index (χ3v) is 93.2. The number of carbonyl (C=O) groups is 2. The molecule has 0 saturated carbocycles. The van der Waals surface area contributed by atoms with Crippen LogP contribution in [-0.2, 0) is 21.7 Å². The SMILES string of the molecule is O=[CH][Rh]([CH]=O)([PH](c1ccccc1)(c1ccccc1)c1ccccc1)([PH](c1ccccc1)(c1ccccc1)c1ccccc1)[PH](c1ccccc1)(c1ccccc1)c1ccccc1. The average Bonchev–Trinajstić information content (AvgIpc) is 3.37. The Labute approximate surface area is 366 Å². The van der Waals surface area contributed by atoms with Crippen molar-refractivity contribution in [1.29, 1.82) is 0 Å². The number of hydrogen-bond acceptors (Lipinski definition) is 2. The summed E-state index contributed by atoms with van der Waals surface area (Å²) in [6.07, 6.45) is 0. The zero-order valence-corrected chi connectivity index (χ0v) is 38.9. The van der Waals surface area contributed by atoms with Crippen molar-refractivity contribution in [2.75, 3.05) is 0 Å². The topological polar surface area (TPSA) is 34.1 Å². The number of rotatable bonds is 14. The zero-order chi connectivity index (χ0) is 42.4. The second-order valence-electron chi connectivity index (χ2n) is 15.3. The Bertz CT molecular complexity index is 2260. The van der Waals surface area contributed by atoms with E-state index < -0.39 is 28.9 Å². The number of benzene rings is 9. The summed E-state index contributed by atoms with van der Waals surface area (Å²) < 4.78 is 0. The van der Waals surface area contributed by atoms with Crippen LogP contribution in [0.25, 0.3) is 0 Å². The van der Waals surface area contributed by atoms with Gasteiger partial charge in [-0.05, 0) is 0 Å². The summed E-state index contributed by atoms with van der Waals surface area (Å²) in [7, 11) is 0. The standard InChI is InChI=1S/3C18H15P.2CHO.Rh/c3*1-4-10-16(11-5-1)19(17-12-6-2-7-13-17)18-14-8-3-9-15-18;2*1-2;/h3*1-15H;2*1H;/q;;;;;-3/p+3. The molecule has 0 bridgehead atoms. The summed E-state index contributed by atoms with van der Waals surface area (Å²) >= 11 is -6.22. The molecule has 0 aliphatic rings. The summed E-state index contributed by atoms with van der Waals surface area (Å²) in [5.41, 5.74) is -12.5. The Morgan fingerprint density at radius 2 is 0.323 bits per heavy atom. The van der Waals surface area contributed by atoms with E-state index in [9.17, 15) is 0 Å². The van der Waals surface area contributed by atoms with E-state index >= 15 is 9.59 Å². The molecule has 0 spiro atoms. The van der Waals surface area contributed by atoms with Crippen LogP contribution in [0, 0.1) is 0 Å². The molecule has 0 aliphatic heterocycles. The molecule has 0 N–H and O–H groups in total. The molecule has 0 fully saturated rings. The summed E-state index contributed by atoms with van der Waals surface area (Å²) in [4.78, 5) is 37.7. The van der Waals surface area contributed by atoms with Gasteiger partial charge in [-0.1, -0.05) is 0 Å². The van der Waals surface area contributed by atoms with Crippen molar-refractivity contribution in [3.05, 3.63) is 273 Å². The van der Waals surface area contributed by atoms with Crippen molar-refractivity contribution in [3.63, 3.8) is 0 Å². The summed E-state index contributed by atoms with van der Waals surface area (Å²) in [5, 5.41) is 9.48. The second kappa shape index (κ2) is 17.5. The Kier molecular flexibility index (Phi) is 11.8. The number of hydrogen-bond donors (Lipinski definition) is 0. The fourth-order valence-corrected chi connectivity index (χ4v) is 124. The quantitative estimate of drug-likeness (QED) is 0.0621. The predicted octanol–water partition coefficient (Wildman–Crippen LogP) is 8.98. The average molecular weight is 951 g/mol. The first kappa shape index (κ1) is 41.6. The van der Waals surface area contributed by atoms with Crippen LogP contribution in [0.3, 0.4) is 0 Å². The van der Waals surface area contributed by atoms with Crippen molar-refractivity contribution < 1.29 is 21.7 Å². The maximum absolute atomic E-state index is 17.4. The molecule has 9 aromatic rings. The first-order valence-corrected chi connectivity index (χ1v) is 35.6. The molecule has 0 heterocycles. The van der Waals surface area contributed by atoms with Gasteiger partial charge in [0.05, 0.1) is 0 Å². The molecular formula is C56H50O2P3Rh. The third-order valence-electron chi connectivity index (χ3n) is 12.4. The molecule has 62 heavy (non-hydrogen) atoms. The minimum absolute atomic E-state index is 1.05. The van der Waals surface area contributed by atoms with E-state index in [1.165, 1.54) is 9.76 Å².